The Morgan fingerprint density at radius 1 is 1.26 bits per heavy atom. The number of halogens is 1. The van der Waals surface area contributed by atoms with Crippen molar-refractivity contribution in [2.24, 2.45) is 16.8 Å². The first kappa shape index (κ1) is 25.6. The van der Waals surface area contributed by atoms with Crippen LogP contribution in [-0.4, -0.2) is 43.7 Å². The Morgan fingerprint density at radius 2 is 2.00 bits per heavy atom. The van der Waals surface area contributed by atoms with Gasteiger partial charge in [0.15, 0.2) is 5.96 Å². The molecule has 1 aromatic carbocycles. The second-order valence-corrected chi connectivity index (χ2v) is 6.86. The Morgan fingerprint density at radius 3 is 2.59 bits per heavy atom. The normalized spacial score (nSPS) is 12.3. The van der Waals surface area contributed by atoms with E-state index in [1.807, 2.05) is 25.1 Å². The highest BCUT2D eigenvalue weighted by Gasteiger charge is 2.11. The number of guanidine groups is 1. The molecule has 0 spiro atoms. The zero-order valence-corrected chi connectivity index (χ0v) is 19.2. The summed E-state index contributed by atoms with van der Waals surface area (Å²) < 4.78 is 0. The molecule has 0 bridgehead atoms. The van der Waals surface area contributed by atoms with Gasteiger partial charge in [-0.2, -0.15) is 0 Å². The van der Waals surface area contributed by atoms with Gasteiger partial charge < -0.3 is 21.1 Å². The molecular weight excluding hydrogens is 455 g/mol. The van der Waals surface area contributed by atoms with Crippen molar-refractivity contribution in [3.05, 3.63) is 35.4 Å². The molecule has 7 heteroatoms. The van der Waals surface area contributed by atoms with Gasteiger partial charge in [-0.1, -0.05) is 26.0 Å². The maximum Gasteiger partial charge on any atom is 0.251 e. The van der Waals surface area contributed by atoms with Crippen molar-refractivity contribution in [3.8, 4) is 0 Å². The van der Waals surface area contributed by atoms with E-state index in [1.54, 1.807) is 13.1 Å². The van der Waals surface area contributed by atoms with Gasteiger partial charge >= 0.3 is 0 Å². The van der Waals surface area contributed by atoms with Gasteiger partial charge in [0.25, 0.3) is 5.91 Å². The predicted octanol–water partition coefficient (Wildman–Crippen LogP) is 2.76. The van der Waals surface area contributed by atoms with Crippen LogP contribution < -0.4 is 16.0 Å². The average Bonchev–Trinajstić information content (AvgIpc) is 2.63. The van der Waals surface area contributed by atoms with Gasteiger partial charge in [-0.3, -0.25) is 4.79 Å². The van der Waals surface area contributed by atoms with Gasteiger partial charge in [0.1, 0.15) is 0 Å². The number of aliphatic imine (C=N–C) groups is 1. The Kier molecular flexibility index (Phi) is 13.9. The maximum atomic E-state index is 11.7. The molecule has 1 aromatic rings. The summed E-state index contributed by atoms with van der Waals surface area (Å²) in [5, 5.41) is 18.5. The smallest absolute Gasteiger partial charge is 0.251 e. The highest BCUT2D eigenvalue weighted by atomic mass is 127. The van der Waals surface area contributed by atoms with Crippen molar-refractivity contribution in [3.63, 3.8) is 0 Å². The van der Waals surface area contributed by atoms with Crippen LogP contribution in [0.1, 0.15) is 49.5 Å². The Bertz CT molecular complexity index is 579. The molecule has 0 aromatic heterocycles. The number of nitrogens with one attached hydrogen (secondary N) is 3. The quantitative estimate of drug-likeness (QED) is 0.231. The number of carbonyl (C=O) groups excluding carboxylic acids is 1. The first-order valence-electron chi connectivity index (χ1n) is 9.44. The van der Waals surface area contributed by atoms with Crippen LogP contribution in [0.4, 0.5) is 0 Å². The SMILES string of the molecule is CCNC(=NCc1cccc(C(=O)NC)c1)NCC(CCO)CC(C)C.I. The number of benzene rings is 1. The van der Waals surface area contributed by atoms with E-state index in [2.05, 4.69) is 34.8 Å². The molecule has 0 saturated heterocycles. The summed E-state index contributed by atoms with van der Waals surface area (Å²) in [7, 11) is 1.63. The summed E-state index contributed by atoms with van der Waals surface area (Å²) in [6.45, 7) is 8.69. The molecule has 0 aliphatic heterocycles. The van der Waals surface area contributed by atoms with Crippen LogP contribution >= 0.6 is 24.0 Å². The second kappa shape index (κ2) is 14.7. The van der Waals surface area contributed by atoms with Crippen LogP contribution in [-0.2, 0) is 6.54 Å². The lowest BCUT2D eigenvalue weighted by Gasteiger charge is -2.20. The van der Waals surface area contributed by atoms with Gasteiger partial charge in [-0.15, -0.1) is 24.0 Å². The van der Waals surface area contributed by atoms with Crippen LogP contribution in [0.15, 0.2) is 29.3 Å². The minimum atomic E-state index is -0.0959. The first-order chi connectivity index (χ1) is 12.5. The van der Waals surface area contributed by atoms with Gasteiger partial charge in [-0.25, -0.2) is 4.99 Å². The summed E-state index contributed by atoms with van der Waals surface area (Å²) >= 11 is 0. The average molecular weight is 490 g/mol. The third-order valence-electron chi connectivity index (χ3n) is 4.08. The predicted molar refractivity (Wildman–Crippen MR) is 123 cm³/mol. The third kappa shape index (κ3) is 10.5. The molecule has 4 N–H and O–H groups in total. The molecule has 0 fully saturated rings. The van der Waals surface area contributed by atoms with Crippen molar-refractivity contribution >= 4 is 35.8 Å². The van der Waals surface area contributed by atoms with Gasteiger partial charge in [-0.05, 0) is 49.3 Å². The zero-order chi connectivity index (χ0) is 19.4. The summed E-state index contributed by atoms with van der Waals surface area (Å²) in [6, 6.07) is 7.49. The largest absolute Gasteiger partial charge is 0.396 e. The minimum Gasteiger partial charge on any atom is -0.396 e. The van der Waals surface area contributed by atoms with E-state index in [4.69, 9.17) is 0 Å². The van der Waals surface area contributed by atoms with E-state index in [1.165, 1.54) is 0 Å². The van der Waals surface area contributed by atoms with Crippen molar-refractivity contribution in [2.75, 3.05) is 26.7 Å². The Labute approximate surface area is 180 Å². The molecule has 0 aliphatic rings. The number of amides is 1. The van der Waals surface area contributed by atoms with E-state index in [0.717, 1.165) is 37.5 Å². The molecule has 0 aliphatic carbocycles. The number of hydrogen-bond donors (Lipinski definition) is 4. The molecule has 0 saturated carbocycles. The summed E-state index contributed by atoms with van der Waals surface area (Å²) in [4.78, 5) is 16.4. The summed E-state index contributed by atoms with van der Waals surface area (Å²) in [5.74, 6) is 1.67. The molecular formula is C20H35IN4O2. The Balaban J connectivity index is 0.00000676. The van der Waals surface area contributed by atoms with Crippen molar-refractivity contribution in [1.29, 1.82) is 0 Å². The second-order valence-electron chi connectivity index (χ2n) is 6.86. The maximum absolute atomic E-state index is 11.7. The topological polar surface area (TPSA) is 85.8 Å². The van der Waals surface area contributed by atoms with Gasteiger partial charge in [0, 0.05) is 32.3 Å². The van der Waals surface area contributed by atoms with Crippen LogP contribution in [0.3, 0.4) is 0 Å². The third-order valence-corrected chi connectivity index (χ3v) is 4.08. The highest BCUT2D eigenvalue weighted by molar-refractivity contribution is 14.0. The van der Waals surface area contributed by atoms with Crippen molar-refractivity contribution < 1.29 is 9.90 Å². The summed E-state index contributed by atoms with van der Waals surface area (Å²) in [5.41, 5.74) is 1.62. The minimum absolute atomic E-state index is 0. The first-order valence-corrected chi connectivity index (χ1v) is 9.44. The number of aliphatic hydroxyl groups is 1. The van der Waals surface area contributed by atoms with Gasteiger partial charge in [0.05, 0.1) is 6.54 Å². The van der Waals surface area contributed by atoms with Crippen LogP contribution in [0.5, 0.6) is 0 Å². The lowest BCUT2D eigenvalue weighted by Crippen LogP contribution is -2.40. The zero-order valence-electron chi connectivity index (χ0n) is 16.9. The highest BCUT2D eigenvalue weighted by Crippen LogP contribution is 2.14. The van der Waals surface area contributed by atoms with Crippen LogP contribution in [0.25, 0.3) is 0 Å². The van der Waals surface area contributed by atoms with E-state index in [0.29, 0.717) is 23.9 Å². The fraction of sp³-hybridized carbons (Fsp3) is 0.600. The van der Waals surface area contributed by atoms with E-state index < -0.39 is 0 Å². The molecule has 154 valence electrons. The van der Waals surface area contributed by atoms with Crippen LogP contribution in [0, 0.1) is 11.8 Å². The Hall–Kier alpha value is -1.35. The number of aliphatic hydroxyl groups excluding tert-OH is 1. The lowest BCUT2D eigenvalue weighted by molar-refractivity contribution is 0.0963. The fourth-order valence-corrected chi connectivity index (χ4v) is 2.86. The molecule has 1 unspecified atom stereocenters. The molecule has 0 heterocycles. The number of nitrogens with zero attached hydrogens (tertiary/aromatic N) is 1. The van der Waals surface area contributed by atoms with E-state index >= 15 is 0 Å². The molecule has 6 nitrogen and oxygen atoms in total. The fourth-order valence-electron chi connectivity index (χ4n) is 2.86. The van der Waals surface area contributed by atoms with Crippen molar-refractivity contribution in [2.45, 2.75) is 40.2 Å². The molecule has 27 heavy (non-hydrogen) atoms. The van der Waals surface area contributed by atoms with Gasteiger partial charge in [0.2, 0.25) is 0 Å². The van der Waals surface area contributed by atoms with Crippen molar-refractivity contribution in [1.82, 2.24) is 16.0 Å². The molecule has 1 atom stereocenters. The van der Waals surface area contributed by atoms with Crippen LogP contribution in [0.2, 0.25) is 0 Å². The molecule has 0 radical (unpaired) electrons. The monoisotopic (exact) mass is 490 g/mol. The number of carbonyl (C=O) groups is 1. The number of hydrogen-bond acceptors (Lipinski definition) is 3. The number of rotatable bonds is 10. The summed E-state index contributed by atoms with van der Waals surface area (Å²) in [6.07, 6.45) is 1.86. The van der Waals surface area contributed by atoms with E-state index in [9.17, 15) is 9.90 Å². The van der Waals surface area contributed by atoms with E-state index in [-0.39, 0.29) is 36.5 Å². The standard InChI is InChI=1S/C20H34N4O2.HI/c1-5-22-20(24-14-17(9-10-25)11-15(2)3)23-13-16-7-6-8-18(12-16)19(26)21-4;/h6-8,12,15,17,25H,5,9-11,13-14H2,1-4H3,(H,21,26)(H2,22,23,24);1H. The molecule has 1 amide bonds. The lowest BCUT2D eigenvalue weighted by atomic mass is 9.94. The molecule has 1 rings (SSSR count).